The monoisotopic (exact) mass is 506 g/mol. The third-order valence-corrected chi connectivity index (χ3v) is 7.96. The van der Waals surface area contributed by atoms with E-state index in [1.54, 1.807) is 0 Å². The van der Waals surface area contributed by atoms with Crippen LogP contribution in [0.4, 0.5) is 10.5 Å². The van der Waals surface area contributed by atoms with Gasteiger partial charge in [-0.05, 0) is 79.2 Å². The van der Waals surface area contributed by atoms with E-state index in [4.69, 9.17) is 9.84 Å². The summed E-state index contributed by atoms with van der Waals surface area (Å²) in [7, 11) is 0. The summed E-state index contributed by atoms with van der Waals surface area (Å²) in [5.74, 6) is 0.902. The third-order valence-electron chi connectivity index (χ3n) is 7.96. The Morgan fingerprint density at radius 2 is 1.70 bits per heavy atom. The second-order valence-electron chi connectivity index (χ2n) is 10.7. The van der Waals surface area contributed by atoms with Crippen LogP contribution in [-0.2, 0) is 4.79 Å². The normalized spacial score (nSPS) is 21.1. The van der Waals surface area contributed by atoms with Crippen molar-refractivity contribution in [3.63, 3.8) is 0 Å². The lowest BCUT2D eigenvalue weighted by molar-refractivity contribution is -0.138. The number of carbonyl (C=O) groups is 2. The Labute approximate surface area is 221 Å². The minimum atomic E-state index is -0.682. The van der Waals surface area contributed by atoms with Crippen LogP contribution in [-0.4, -0.2) is 36.3 Å². The highest BCUT2D eigenvalue weighted by atomic mass is 16.5. The molecule has 1 heterocycles. The van der Waals surface area contributed by atoms with Gasteiger partial charge in [0.25, 0.3) is 0 Å². The van der Waals surface area contributed by atoms with Crippen LogP contribution in [0.25, 0.3) is 11.1 Å². The van der Waals surface area contributed by atoms with Crippen molar-refractivity contribution in [2.45, 2.75) is 90.1 Å². The van der Waals surface area contributed by atoms with Crippen molar-refractivity contribution in [2.75, 3.05) is 18.0 Å². The zero-order valence-corrected chi connectivity index (χ0v) is 22.4. The fourth-order valence-corrected chi connectivity index (χ4v) is 5.67. The van der Waals surface area contributed by atoms with Crippen molar-refractivity contribution >= 4 is 17.7 Å². The Kier molecular flexibility index (Phi) is 9.48. The van der Waals surface area contributed by atoms with Crippen molar-refractivity contribution in [3.8, 4) is 16.9 Å². The molecule has 1 saturated carbocycles. The van der Waals surface area contributed by atoms with Gasteiger partial charge >= 0.3 is 12.0 Å². The molecule has 2 amide bonds. The lowest BCUT2D eigenvalue weighted by atomic mass is 9.77. The van der Waals surface area contributed by atoms with Gasteiger partial charge in [0, 0.05) is 13.0 Å². The number of aliphatic carboxylic acids is 1. The number of rotatable bonds is 10. The summed E-state index contributed by atoms with van der Waals surface area (Å²) in [6.07, 6.45) is 9.73. The molecule has 1 atom stereocenters. The van der Waals surface area contributed by atoms with Crippen LogP contribution in [0.5, 0.6) is 5.75 Å². The molecule has 2 N–H and O–H groups in total. The minimum Gasteiger partial charge on any atom is -0.486 e. The van der Waals surface area contributed by atoms with Gasteiger partial charge in [0.2, 0.25) is 0 Å². The van der Waals surface area contributed by atoms with E-state index < -0.39 is 5.97 Å². The van der Waals surface area contributed by atoms with E-state index in [1.165, 1.54) is 18.4 Å². The molecule has 0 bridgehead atoms. The summed E-state index contributed by atoms with van der Waals surface area (Å²) in [6, 6.07) is 14.9. The standard InChI is InChI=1S/C31H42N2O4/c1-3-5-6-7-18-32-31(36)33-21-27(4-2)37-29-20-26(16-17-28(29)33)25-14-12-24(13-15-25)23-10-8-22(9-11-23)19-30(34)35/h12-17,20,22-23,27H,3-11,18-19,21H2,1-2H3,(H,32,36)(H,34,35). The molecule has 4 rings (SSSR count). The van der Waals surface area contributed by atoms with E-state index in [-0.39, 0.29) is 12.1 Å². The number of carboxylic acids is 1. The molecule has 2 aromatic carbocycles. The van der Waals surface area contributed by atoms with E-state index in [1.807, 2.05) is 11.0 Å². The molecule has 200 valence electrons. The molecule has 1 aliphatic carbocycles. The van der Waals surface area contributed by atoms with Gasteiger partial charge in [0.05, 0.1) is 12.2 Å². The number of nitrogens with zero attached hydrogens (tertiary/aromatic N) is 1. The number of carboxylic acid groups (broad SMARTS) is 1. The summed E-state index contributed by atoms with van der Waals surface area (Å²) in [5, 5.41) is 12.2. The van der Waals surface area contributed by atoms with Crippen LogP contribution in [0, 0.1) is 5.92 Å². The fraction of sp³-hybridized carbons (Fsp3) is 0.548. The molecule has 6 heteroatoms. The molecular formula is C31H42N2O4. The summed E-state index contributed by atoms with van der Waals surface area (Å²) < 4.78 is 6.27. The van der Waals surface area contributed by atoms with Gasteiger partial charge in [0.15, 0.2) is 0 Å². The Balaban J connectivity index is 1.42. The number of benzene rings is 2. The van der Waals surface area contributed by atoms with Crippen molar-refractivity contribution in [1.82, 2.24) is 5.32 Å². The summed E-state index contributed by atoms with van der Waals surface area (Å²) in [5.41, 5.74) is 4.36. The molecule has 0 aromatic heterocycles. The molecule has 0 spiro atoms. The first kappa shape index (κ1) is 27.0. The molecular weight excluding hydrogens is 464 g/mol. The average Bonchev–Trinajstić information content (AvgIpc) is 2.92. The second kappa shape index (κ2) is 13.0. The SMILES string of the molecule is CCCCCCNC(=O)N1CC(CC)Oc2cc(-c3ccc(C4CCC(CC(=O)O)CC4)cc3)ccc21. The first-order chi connectivity index (χ1) is 18.0. The Bertz CT molecular complexity index is 1040. The van der Waals surface area contributed by atoms with Crippen LogP contribution in [0.15, 0.2) is 42.5 Å². The van der Waals surface area contributed by atoms with Crippen LogP contribution in [0.1, 0.15) is 89.5 Å². The molecule has 2 aromatic rings. The number of carbonyl (C=O) groups excluding carboxylic acids is 1. The molecule has 1 aliphatic heterocycles. The van der Waals surface area contributed by atoms with Crippen molar-refractivity contribution in [2.24, 2.45) is 5.92 Å². The fourth-order valence-electron chi connectivity index (χ4n) is 5.67. The predicted octanol–water partition coefficient (Wildman–Crippen LogP) is 7.37. The first-order valence-corrected chi connectivity index (χ1v) is 14.2. The Morgan fingerprint density at radius 3 is 2.38 bits per heavy atom. The number of urea groups is 1. The van der Waals surface area contributed by atoms with Gasteiger partial charge < -0.3 is 15.2 Å². The highest BCUT2D eigenvalue weighted by Gasteiger charge is 2.29. The van der Waals surface area contributed by atoms with Crippen LogP contribution < -0.4 is 15.0 Å². The number of ether oxygens (including phenoxy) is 1. The average molecular weight is 507 g/mol. The highest BCUT2D eigenvalue weighted by Crippen LogP contribution is 2.40. The molecule has 1 unspecified atom stereocenters. The zero-order chi connectivity index (χ0) is 26.2. The molecule has 0 radical (unpaired) electrons. The molecule has 37 heavy (non-hydrogen) atoms. The van der Waals surface area contributed by atoms with Gasteiger partial charge in [-0.1, -0.05) is 63.4 Å². The highest BCUT2D eigenvalue weighted by molar-refractivity contribution is 5.94. The van der Waals surface area contributed by atoms with Gasteiger partial charge in [-0.25, -0.2) is 4.79 Å². The Hall–Kier alpha value is -3.02. The van der Waals surface area contributed by atoms with Gasteiger partial charge in [-0.3, -0.25) is 9.69 Å². The van der Waals surface area contributed by atoms with Crippen molar-refractivity contribution < 1.29 is 19.4 Å². The van der Waals surface area contributed by atoms with E-state index in [0.717, 1.165) is 67.5 Å². The predicted molar refractivity (Wildman–Crippen MR) is 148 cm³/mol. The Morgan fingerprint density at radius 1 is 0.973 bits per heavy atom. The van der Waals surface area contributed by atoms with Crippen LogP contribution in [0.3, 0.4) is 0 Å². The van der Waals surface area contributed by atoms with E-state index in [9.17, 15) is 9.59 Å². The topological polar surface area (TPSA) is 78.9 Å². The van der Waals surface area contributed by atoms with Gasteiger partial charge in [-0.15, -0.1) is 0 Å². The molecule has 6 nitrogen and oxygen atoms in total. The quantitative estimate of drug-likeness (QED) is 0.330. The van der Waals surface area contributed by atoms with E-state index >= 15 is 0 Å². The molecule has 0 saturated heterocycles. The van der Waals surface area contributed by atoms with Crippen molar-refractivity contribution in [3.05, 3.63) is 48.0 Å². The van der Waals surface area contributed by atoms with Crippen LogP contribution >= 0.6 is 0 Å². The van der Waals surface area contributed by atoms with Crippen LogP contribution in [0.2, 0.25) is 0 Å². The van der Waals surface area contributed by atoms with Crippen molar-refractivity contribution in [1.29, 1.82) is 0 Å². The maximum absolute atomic E-state index is 13.0. The lowest BCUT2D eigenvalue weighted by Crippen LogP contribution is -2.48. The molecule has 2 aliphatic rings. The second-order valence-corrected chi connectivity index (χ2v) is 10.7. The zero-order valence-electron chi connectivity index (χ0n) is 22.4. The number of nitrogens with one attached hydrogen (secondary N) is 1. The maximum Gasteiger partial charge on any atom is 0.322 e. The maximum atomic E-state index is 13.0. The summed E-state index contributed by atoms with van der Waals surface area (Å²) >= 11 is 0. The number of amides is 2. The number of fused-ring (bicyclic) bond motifs is 1. The number of anilines is 1. The first-order valence-electron chi connectivity index (χ1n) is 14.2. The minimum absolute atomic E-state index is 0.0211. The summed E-state index contributed by atoms with van der Waals surface area (Å²) in [6.45, 7) is 5.54. The largest absolute Gasteiger partial charge is 0.486 e. The lowest BCUT2D eigenvalue weighted by Gasteiger charge is -2.35. The number of hydrogen-bond donors (Lipinski definition) is 2. The number of hydrogen-bond acceptors (Lipinski definition) is 3. The van der Waals surface area contributed by atoms with E-state index in [0.29, 0.717) is 31.3 Å². The van der Waals surface area contributed by atoms with E-state index in [2.05, 4.69) is 55.6 Å². The smallest absolute Gasteiger partial charge is 0.322 e. The van der Waals surface area contributed by atoms with Gasteiger partial charge in [-0.2, -0.15) is 0 Å². The summed E-state index contributed by atoms with van der Waals surface area (Å²) in [4.78, 5) is 25.8. The molecule has 1 fully saturated rings. The number of unbranched alkanes of at least 4 members (excludes halogenated alkanes) is 3. The third kappa shape index (κ3) is 7.06. The van der Waals surface area contributed by atoms with Gasteiger partial charge in [0.1, 0.15) is 11.9 Å².